The Morgan fingerprint density at radius 1 is 1.38 bits per heavy atom. The highest BCUT2D eigenvalue weighted by Gasteiger charge is 2.30. The minimum Gasteiger partial charge on any atom is -0.247 e. The first-order valence-electron chi connectivity index (χ1n) is 5.54. The highest BCUT2D eigenvalue weighted by atomic mass is 35.5. The van der Waals surface area contributed by atoms with Crippen molar-refractivity contribution in [3.05, 3.63) is 16.1 Å². The zero-order valence-electron chi connectivity index (χ0n) is 10.1. The maximum atomic E-state index is 6.12. The lowest BCUT2D eigenvalue weighted by Gasteiger charge is -2.30. The van der Waals surface area contributed by atoms with Crippen molar-refractivity contribution >= 4 is 34.5 Å². The van der Waals surface area contributed by atoms with Gasteiger partial charge in [-0.05, 0) is 19.3 Å². The highest BCUT2D eigenvalue weighted by Crippen LogP contribution is 2.34. The van der Waals surface area contributed by atoms with Gasteiger partial charge in [0.05, 0.1) is 5.01 Å². The van der Waals surface area contributed by atoms with Crippen molar-refractivity contribution < 1.29 is 0 Å². The van der Waals surface area contributed by atoms with Gasteiger partial charge in [0.25, 0.3) is 0 Å². The van der Waals surface area contributed by atoms with Crippen LogP contribution in [0.1, 0.15) is 31.0 Å². The van der Waals surface area contributed by atoms with Crippen LogP contribution in [0, 0.1) is 18.3 Å². The van der Waals surface area contributed by atoms with Crippen LogP contribution >= 0.6 is 34.5 Å². The number of thiazole rings is 1. The van der Waals surface area contributed by atoms with Crippen molar-refractivity contribution in [3.8, 4) is 0 Å². The van der Waals surface area contributed by atoms with E-state index in [9.17, 15) is 0 Å². The molecule has 1 aromatic heterocycles. The summed E-state index contributed by atoms with van der Waals surface area (Å²) in [5.74, 6) is 1.82. The van der Waals surface area contributed by atoms with Gasteiger partial charge in [-0.25, -0.2) is 4.98 Å². The molecule has 1 nitrogen and oxygen atoms in total. The van der Waals surface area contributed by atoms with Crippen molar-refractivity contribution in [1.82, 2.24) is 4.98 Å². The fraction of sp³-hybridized carbons (Fsp3) is 0.750. The second-order valence-corrected chi connectivity index (χ2v) is 6.40. The first-order valence-corrected chi connectivity index (χ1v) is 7.49. The highest BCUT2D eigenvalue weighted by molar-refractivity contribution is 7.09. The van der Waals surface area contributed by atoms with Crippen LogP contribution in [-0.4, -0.2) is 16.7 Å². The van der Waals surface area contributed by atoms with Crippen LogP contribution in [0.25, 0.3) is 0 Å². The summed E-state index contributed by atoms with van der Waals surface area (Å²) in [5, 5.41) is 3.23. The lowest BCUT2D eigenvalue weighted by molar-refractivity contribution is 0.295. The van der Waals surface area contributed by atoms with Crippen molar-refractivity contribution in [1.29, 1.82) is 0 Å². The molecule has 0 unspecified atom stereocenters. The molecule has 0 amide bonds. The summed E-state index contributed by atoms with van der Waals surface area (Å²) in [6.45, 7) is 6.44. The lowest BCUT2D eigenvalue weighted by atomic mass is 9.81. The number of rotatable bonds is 6. The molecule has 0 aliphatic heterocycles. The minimum atomic E-state index is 0.00156. The fourth-order valence-electron chi connectivity index (χ4n) is 1.98. The molecule has 16 heavy (non-hydrogen) atoms. The normalized spacial score (nSPS) is 12.4. The summed E-state index contributed by atoms with van der Waals surface area (Å²) >= 11 is 13.9. The molecule has 1 aromatic rings. The van der Waals surface area contributed by atoms with Gasteiger partial charge >= 0.3 is 0 Å². The molecule has 0 saturated heterocycles. The number of halogens is 2. The Hall–Kier alpha value is 0.210. The van der Waals surface area contributed by atoms with Gasteiger partial charge in [0.1, 0.15) is 0 Å². The summed E-state index contributed by atoms with van der Waals surface area (Å²) in [6.07, 6.45) is 1.95. The van der Waals surface area contributed by atoms with Crippen LogP contribution in [0.5, 0.6) is 0 Å². The maximum absolute atomic E-state index is 6.12. The zero-order valence-corrected chi connectivity index (χ0v) is 12.4. The van der Waals surface area contributed by atoms with Crippen molar-refractivity contribution in [2.24, 2.45) is 11.3 Å². The topological polar surface area (TPSA) is 12.9 Å². The molecule has 0 radical (unpaired) electrons. The molecule has 0 aliphatic carbocycles. The molecule has 0 bridgehead atoms. The van der Waals surface area contributed by atoms with E-state index in [1.165, 1.54) is 0 Å². The van der Waals surface area contributed by atoms with Crippen LogP contribution < -0.4 is 0 Å². The fourth-order valence-corrected chi connectivity index (χ4v) is 3.62. The number of aryl methyl sites for hydroxylation is 1. The molecule has 0 spiro atoms. The van der Waals surface area contributed by atoms with Gasteiger partial charge < -0.3 is 0 Å². The van der Waals surface area contributed by atoms with Crippen LogP contribution in [0.4, 0.5) is 0 Å². The molecule has 0 fully saturated rings. The van der Waals surface area contributed by atoms with E-state index < -0.39 is 0 Å². The van der Waals surface area contributed by atoms with Crippen LogP contribution in [0.2, 0.25) is 0 Å². The lowest BCUT2D eigenvalue weighted by Crippen LogP contribution is -2.30. The van der Waals surface area contributed by atoms with Gasteiger partial charge in [-0.15, -0.1) is 34.5 Å². The number of hydrogen-bond acceptors (Lipinski definition) is 2. The van der Waals surface area contributed by atoms with E-state index in [2.05, 4.69) is 24.2 Å². The number of alkyl halides is 2. The third-order valence-corrected chi connectivity index (χ3v) is 4.70. The zero-order chi connectivity index (χ0) is 12.2. The molecule has 92 valence electrons. The third-order valence-electron chi connectivity index (χ3n) is 2.60. The number of aromatic nitrogens is 1. The van der Waals surface area contributed by atoms with E-state index in [1.54, 1.807) is 11.3 Å². The quantitative estimate of drug-likeness (QED) is 0.699. The van der Waals surface area contributed by atoms with E-state index in [4.69, 9.17) is 23.2 Å². The Bertz CT molecular complexity index is 319. The Kier molecular flexibility index (Phi) is 5.55. The largest absolute Gasteiger partial charge is 0.247 e. The first-order chi connectivity index (χ1) is 7.51. The molecular formula is C12H19Cl2NS. The smallest absolute Gasteiger partial charge is 0.0934 e. The molecule has 0 atom stereocenters. The minimum absolute atomic E-state index is 0.00156. The molecule has 0 aromatic carbocycles. The molecular weight excluding hydrogens is 261 g/mol. The predicted octanol–water partition coefficient (Wildman–Crippen LogP) is 4.50. The third kappa shape index (κ3) is 3.90. The monoisotopic (exact) mass is 279 g/mol. The molecule has 0 N–H and O–H groups in total. The summed E-state index contributed by atoms with van der Waals surface area (Å²) in [4.78, 5) is 4.50. The van der Waals surface area contributed by atoms with Crippen molar-refractivity contribution in [3.63, 3.8) is 0 Å². The summed E-state index contributed by atoms with van der Waals surface area (Å²) in [5.41, 5.74) is 1.09. The molecule has 4 heteroatoms. The second kappa shape index (κ2) is 6.23. The van der Waals surface area contributed by atoms with Gasteiger partial charge in [-0.3, -0.25) is 0 Å². The van der Waals surface area contributed by atoms with Gasteiger partial charge in [0.15, 0.2) is 0 Å². The van der Waals surface area contributed by atoms with Gasteiger partial charge in [0, 0.05) is 34.7 Å². The van der Waals surface area contributed by atoms with E-state index in [0.29, 0.717) is 17.7 Å². The second-order valence-electron chi connectivity index (χ2n) is 4.92. The standard InChI is InChI=1S/C12H19Cl2NS/c1-9(2)4-12(7-13,8-14)5-11-15-10(3)6-16-11/h6,9H,4-5,7-8H2,1-3H3. The average molecular weight is 280 g/mol. The summed E-state index contributed by atoms with van der Waals surface area (Å²) < 4.78 is 0. The summed E-state index contributed by atoms with van der Waals surface area (Å²) in [7, 11) is 0. The average Bonchev–Trinajstić information content (AvgIpc) is 2.62. The Balaban J connectivity index is 2.77. The molecule has 0 saturated carbocycles. The Labute approximate surface area is 112 Å². The molecule has 0 aliphatic rings. The van der Waals surface area contributed by atoms with E-state index >= 15 is 0 Å². The van der Waals surface area contributed by atoms with Gasteiger partial charge in [-0.2, -0.15) is 0 Å². The van der Waals surface area contributed by atoms with Crippen molar-refractivity contribution in [2.75, 3.05) is 11.8 Å². The van der Waals surface area contributed by atoms with Crippen LogP contribution in [-0.2, 0) is 6.42 Å². The van der Waals surface area contributed by atoms with E-state index in [1.807, 2.05) is 6.92 Å². The van der Waals surface area contributed by atoms with Crippen LogP contribution in [0.3, 0.4) is 0 Å². The first kappa shape index (κ1) is 14.3. The number of nitrogens with zero attached hydrogens (tertiary/aromatic N) is 1. The van der Waals surface area contributed by atoms with Gasteiger partial charge in [0.2, 0.25) is 0 Å². The molecule has 1 heterocycles. The Morgan fingerprint density at radius 2 is 2.00 bits per heavy atom. The van der Waals surface area contributed by atoms with E-state index in [0.717, 1.165) is 23.5 Å². The SMILES string of the molecule is Cc1csc(CC(CCl)(CCl)CC(C)C)n1. The Morgan fingerprint density at radius 3 is 2.38 bits per heavy atom. The molecule has 1 rings (SSSR count). The van der Waals surface area contributed by atoms with Crippen LogP contribution in [0.15, 0.2) is 5.38 Å². The van der Waals surface area contributed by atoms with E-state index in [-0.39, 0.29) is 5.41 Å². The number of hydrogen-bond donors (Lipinski definition) is 0. The van der Waals surface area contributed by atoms with Crippen molar-refractivity contribution in [2.45, 2.75) is 33.6 Å². The van der Waals surface area contributed by atoms with Gasteiger partial charge in [-0.1, -0.05) is 13.8 Å². The maximum Gasteiger partial charge on any atom is 0.0934 e. The summed E-state index contributed by atoms with van der Waals surface area (Å²) in [6, 6.07) is 0. The predicted molar refractivity (Wildman–Crippen MR) is 73.9 cm³/mol.